The summed E-state index contributed by atoms with van der Waals surface area (Å²) in [4.78, 5) is 0. The van der Waals surface area contributed by atoms with Gasteiger partial charge in [0.15, 0.2) is 0 Å². The van der Waals surface area contributed by atoms with Gasteiger partial charge in [0.05, 0.1) is 16.1 Å². The lowest BCUT2D eigenvalue weighted by Gasteiger charge is -2.10. The lowest BCUT2D eigenvalue weighted by molar-refractivity contribution is 0.304. The van der Waals surface area contributed by atoms with Gasteiger partial charge in [0, 0.05) is 19.2 Å². The van der Waals surface area contributed by atoms with Crippen molar-refractivity contribution in [1.29, 1.82) is 5.26 Å². The van der Waals surface area contributed by atoms with Crippen LogP contribution in [-0.4, -0.2) is 0 Å². The van der Waals surface area contributed by atoms with Crippen LogP contribution in [0.4, 0.5) is 0 Å². The van der Waals surface area contributed by atoms with Crippen LogP contribution in [0, 0.1) is 14.9 Å². The summed E-state index contributed by atoms with van der Waals surface area (Å²) in [7, 11) is 0. The highest BCUT2D eigenvalue weighted by Crippen LogP contribution is 2.30. The summed E-state index contributed by atoms with van der Waals surface area (Å²) in [5.41, 5.74) is 3.24. The number of nitriles is 1. The maximum atomic E-state index is 9.51. The fourth-order valence-corrected chi connectivity index (χ4v) is 3.83. The molecule has 2 nitrogen and oxygen atoms in total. The number of hydrogen-bond acceptors (Lipinski definition) is 2. The first-order valence-electron chi connectivity index (χ1n) is 8.20. The highest BCUT2D eigenvalue weighted by molar-refractivity contribution is 14.1. The molecular weight excluding hydrogens is 572 g/mol. The van der Waals surface area contributed by atoms with E-state index in [1.807, 2.05) is 54.6 Å². The van der Waals surface area contributed by atoms with E-state index in [1.165, 1.54) is 0 Å². The molecule has 0 spiro atoms. The van der Waals surface area contributed by atoms with Gasteiger partial charge in [0.25, 0.3) is 0 Å². The van der Waals surface area contributed by atoms with Crippen LogP contribution < -0.4 is 4.74 Å². The van der Waals surface area contributed by atoms with E-state index < -0.39 is 0 Å². The maximum Gasteiger partial charge on any atom is 0.134 e. The number of hydrogen-bond donors (Lipinski definition) is 0. The molecule has 0 amide bonds. The Kier molecular flexibility index (Phi) is 7.42. The Balaban J connectivity index is 1.78. The van der Waals surface area contributed by atoms with Crippen LogP contribution in [0.15, 0.2) is 65.1 Å². The van der Waals surface area contributed by atoms with E-state index in [0.717, 1.165) is 24.7 Å². The van der Waals surface area contributed by atoms with Gasteiger partial charge in [-0.05, 0) is 92.1 Å². The zero-order valence-corrected chi connectivity index (χ0v) is 19.7. The minimum Gasteiger partial charge on any atom is -0.488 e. The number of halogens is 4. The number of allylic oxidation sites excluding steroid dienone is 1. The standard InChI is InChI=1S/C22H13BrCl2INO/c23-20-10-14(9-17(12-27)15-3-6-19(26)7-4-15)1-8-22(20)28-13-16-2-5-18(24)11-21(16)25/h1-11H,13H2/b17-9-. The van der Waals surface area contributed by atoms with Crippen molar-refractivity contribution in [3.05, 3.63) is 95.4 Å². The third-order valence-electron chi connectivity index (χ3n) is 3.94. The fourth-order valence-electron chi connectivity index (χ4n) is 2.49. The molecule has 0 aliphatic carbocycles. The summed E-state index contributed by atoms with van der Waals surface area (Å²) in [5, 5.41) is 10.7. The Hall–Kier alpha value is -1.52. The monoisotopic (exact) mass is 583 g/mol. The lowest BCUT2D eigenvalue weighted by Crippen LogP contribution is -1.97. The Morgan fingerprint density at radius 1 is 1.07 bits per heavy atom. The third-order valence-corrected chi connectivity index (χ3v) is 5.87. The van der Waals surface area contributed by atoms with Gasteiger partial charge in [-0.25, -0.2) is 0 Å². The third kappa shape index (κ3) is 5.51. The van der Waals surface area contributed by atoms with Crippen molar-refractivity contribution in [1.82, 2.24) is 0 Å². The van der Waals surface area contributed by atoms with E-state index in [1.54, 1.807) is 12.1 Å². The molecule has 0 saturated heterocycles. The van der Waals surface area contributed by atoms with Crippen LogP contribution in [-0.2, 0) is 6.61 Å². The Labute approximate surface area is 196 Å². The molecule has 0 heterocycles. The molecule has 0 aliphatic rings. The molecule has 0 fully saturated rings. The van der Waals surface area contributed by atoms with Gasteiger partial charge in [-0.3, -0.25) is 0 Å². The first kappa shape index (κ1) is 21.2. The predicted molar refractivity (Wildman–Crippen MR) is 128 cm³/mol. The van der Waals surface area contributed by atoms with Crippen molar-refractivity contribution in [3.8, 4) is 11.8 Å². The van der Waals surface area contributed by atoms with Gasteiger partial charge >= 0.3 is 0 Å². The quantitative estimate of drug-likeness (QED) is 0.173. The Bertz CT molecular complexity index is 1070. The first-order valence-corrected chi connectivity index (χ1v) is 10.8. The number of benzene rings is 3. The van der Waals surface area contributed by atoms with E-state index in [9.17, 15) is 5.26 Å². The van der Waals surface area contributed by atoms with E-state index >= 15 is 0 Å². The van der Waals surface area contributed by atoms with Crippen molar-refractivity contribution >= 4 is 73.4 Å². The molecule has 0 N–H and O–H groups in total. The Morgan fingerprint density at radius 2 is 1.82 bits per heavy atom. The van der Waals surface area contributed by atoms with Gasteiger partial charge < -0.3 is 4.74 Å². The highest BCUT2D eigenvalue weighted by Gasteiger charge is 2.07. The van der Waals surface area contributed by atoms with Gasteiger partial charge in [0.2, 0.25) is 0 Å². The van der Waals surface area contributed by atoms with Crippen LogP contribution >= 0.6 is 61.7 Å². The van der Waals surface area contributed by atoms with Gasteiger partial charge in [-0.1, -0.05) is 47.5 Å². The van der Waals surface area contributed by atoms with Crippen molar-refractivity contribution in [2.24, 2.45) is 0 Å². The zero-order valence-electron chi connectivity index (χ0n) is 14.4. The van der Waals surface area contributed by atoms with Gasteiger partial charge in [0.1, 0.15) is 12.4 Å². The van der Waals surface area contributed by atoms with E-state index in [2.05, 4.69) is 44.6 Å². The number of ether oxygens (including phenoxy) is 1. The smallest absolute Gasteiger partial charge is 0.134 e. The molecule has 0 aromatic heterocycles. The largest absolute Gasteiger partial charge is 0.488 e. The summed E-state index contributed by atoms with van der Waals surface area (Å²) in [6.45, 7) is 0.329. The van der Waals surface area contributed by atoms with Crippen LogP contribution in [0.1, 0.15) is 16.7 Å². The summed E-state index contributed by atoms with van der Waals surface area (Å²) in [6.07, 6.45) is 1.85. The second-order valence-corrected chi connectivity index (χ2v) is 8.83. The fraction of sp³-hybridized carbons (Fsp3) is 0.0455. The molecule has 0 atom stereocenters. The van der Waals surface area contributed by atoms with Gasteiger partial charge in [-0.2, -0.15) is 5.26 Å². The van der Waals surface area contributed by atoms with E-state index in [0.29, 0.717) is 28.0 Å². The highest BCUT2D eigenvalue weighted by atomic mass is 127. The number of nitrogens with zero attached hydrogens (tertiary/aromatic N) is 1. The topological polar surface area (TPSA) is 33.0 Å². The molecule has 140 valence electrons. The van der Waals surface area contributed by atoms with Crippen molar-refractivity contribution in [2.45, 2.75) is 6.61 Å². The average Bonchev–Trinajstić information content (AvgIpc) is 2.67. The molecule has 0 bridgehead atoms. The second kappa shape index (κ2) is 9.80. The van der Waals surface area contributed by atoms with E-state index in [-0.39, 0.29) is 0 Å². The van der Waals surface area contributed by atoms with Crippen LogP contribution in [0.3, 0.4) is 0 Å². The van der Waals surface area contributed by atoms with Crippen LogP contribution in [0.2, 0.25) is 10.0 Å². The van der Waals surface area contributed by atoms with Crippen molar-refractivity contribution in [2.75, 3.05) is 0 Å². The molecule has 0 saturated carbocycles. The normalized spacial score (nSPS) is 11.2. The molecule has 3 rings (SSSR count). The summed E-state index contributed by atoms with van der Waals surface area (Å²) >= 11 is 17.9. The maximum absolute atomic E-state index is 9.51. The van der Waals surface area contributed by atoms with E-state index in [4.69, 9.17) is 27.9 Å². The van der Waals surface area contributed by atoms with Crippen LogP contribution in [0.5, 0.6) is 5.75 Å². The Morgan fingerprint density at radius 3 is 2.46 bits per heavy atom. The molecule has 28 heavy (non-hydrogen) atoms. The average molecular weight is 585 g/mol. The summed E-state index contributed by atoms with van der Waals surface area (Å²) in [5.74, 6) is 0.691. The lowest BCUT2D eigenvalue weighted by atomic mass is 10.0. The molecule has 6 heteroatoms. The molecular formula is C22H13BrCl2INO. The summed E-state index contributed by atoms with van der Waals surface area (Å²) in [6, 6.07) is 21.1. The van der Waals surface area contributed by atoms with Gasteiger partial charge in [-0.15, -0.1) is 0 Å². The molecule has 0 radical (unpaired) electrons. The molecule has 3 aromatic carbocycles. The first-order chi connectivity index (χ1) is 13.5. The van der Waals surface area contributed by atoms with Crippen molar-refractivity contribution < 1.29 is 4.74 Å². The minimum atomic E-state index is 0.329. The summed E-state index contributed by atoms with van der Waals surface area (Å²) < 4.78 is 7.79. The zero-order chi connectivity index (χ0) is 20.1. The molecule has 0 unspecified atom stereocenters. The minimum absolute atomic E-state index is 0.329. The van der Waals surface area contributed by atoms with Crippen LogP contribution in [0.25, 0.3) is 11.6 Å². The molecule has 3 aromatic rings. The second-order valence-electron chi connectivity index (χ2n) is 5.89. The van der Waals surface area contributed by atoms with Crippen molar-refractivity contribution in [3.63, 3.8) is 0 Å². The number of rotatable bonds is 5. The predicted octanol–water partition coefficient (Wildman–Crippen LogP) is 8.00. The molecule has 0 aliphatic heterocycles. The SMILES string of the molecule is N#C/C(=C/c1ccc(OCc2ccc(Cl)cc2Cl)c(Br)c1)c1ccc(I)cc1.